The molecule has 3 nitrogen and oxygen atoms in total. The van der Waals surface area contributed by atoms with Gasteiger partial charge in [-0.1, -0.05) is 17.7 Å². The van der Waals surface area contributed by atoms with Crippen LogP contribution in [0, 0.1) is 5.82 Å². The van der Waals surface area contributed by atoms with Crippen molar-refractivity contribution in [2.75, 3.05) is 6.61 Å². The first-order chi connectivity index (χ1) is 8.63. The second kappa shape index (κ2) is 5.57. The number of halogens is 2. The summed E-state index contributed by atoms with van der Waals surface area (Å²) in [5.41, 5.74) is 0.346. The van der Waals surface area contributed by atoms with Gasteiger partial charge >= 0.3 is 6.09 Å². The molecule has 1 fully saturated rings. The Balaban J connectivity index is 2.16. The second-order valence-corrected chi connectivity index (χ2v) is 4.67. The molecule has 0 spiro atoms. The maximum atomic E-state index is 13.7. The van der Waals surface area contributed by atoms with Gasteiger partial charge in [0.05, 0.1) is 13.2 Å². The van der Waals surface area contributed by atoms with Gasteiger partial charge < -0.3 is 9.64 Å². The molecule has 0 atom stereocenters. The van der Waals surface area contributed by atoms with Gasteiger partial charge in [-0.2, -0.15) is 0 Å². The van der Waals surface area contributed by atoms with Gasteiger partial charge in [-0.25, -0.2) is 9.18 Å². The van der Waals surface area contributed by atoms with Crippen molar-refractivity contribution in [2.24, 2.45) is 0 Å². The van der Waals surface area contributed by atoms with Crippen LogP contribution in [0.5, 0.6) is 0 Å². The van der Waals surface area contributed by atoms with E-state index >= 15 is 0 Å². The summed E-state index contributed by atoms with van der Waals surface area (Å²) >= 11 is 5.96. The summed E-state index contributed by atoms with van der Waals surface area (Å²) in [5.74, 6) is -0.391. The number of carbonyl (C=O) groups is 1. The molecule has 0 aromatic heterocycles. The van der Waals surface area contributed by atoms with E-state index in [9.17, 15) is 9.18 Å². The Kier molecular flexibility index (Phi) is 4.07. The van der Waals surface area contributed by atoms with Crippen LogP contribution in [0.2, 0.25) is 5.02 Å². The Hall–Kier alpha value is -1.29. The zero-order chi connectivity index (χ0) is 13.1. The van der Waals surface area contributed by atoms with E-state index < -0.39 is 11.9 Å². The number of benzene rings is 1. The molecule has 1 aromatic carbocycles. The number of rotatable bonds is 4. The van der Waals surface area contributed by atoms with Gasteiger partial charge in [0.2, 0.25) is 0 Å². The highest BCUT2D eigenvalue weighted by Gasteiger charge is 2.34. The van der Waals surface area contributed by atoms with E-state index in [0.29, 0.717) is 17.2 Å². The molecule has 0 saturated heterocycles. The molecular formula is C13H15ClFNO2. The highest BCUT2D eigenvalue weighted by Crippen LogP contribution is 2.31. The maximum absolute atomic E-state index is 13.7. The van der Waals surface area contributed by atoms with Gasteiger partial charge in [-0.05, 0) is 31.9 Å². The van der Waals surface area contributed by atoms with Crippen molar-refractivity contribution in [2.45, 2.75) is 32.4 Å². The summed E-state index contributed by atoms with van der Waals surface area (Å²) in [6.07, 6.45) is 1.47. The van der Waals surface area contributed by atoms with E-state index in [1.54, 1.807) is 24.0 Å². The van der Waals surface area contributed by atoms with Crippen molar-refractivity contribution in [1.82, 2.24) is 4.90 Å². The maximum Gasteiger partial charge on any atom is 0.410 e. The van der Waals surface area contributed by atoms with Gasteiger partial charge in [0.15, 0.2) is 0 Å². The minimum Gasteiger partial charge on any atom is -0.450 e. The Morgan fingerprint density at radius 2 is 2.28 bits per heavy atom. The average Bonchev–Trinajstić information content (AvgIpc) is 3.13. The van der Waals surface area contributed by atoms with Crippen LogP contribution in [0.1, 0.15) is 25.3 Å². The molecule has 5 heteroatoms. The highest BCUT2D eigenvalue weighted by atomic mass is 35.5. The third kappa shape index (κ3) is 2.93. The molecule has 2 rings (SSSR count). The predicted octanol–water partition coefficient (Wildman–Crippen LogP) is 3.60. The van der Waals surface area contributed by atoms with Gasteiger partial charge in [0, 0.05) is 16.6 Å². The third-order valence-corrected chi connectivity index (χ3v) is 3.23. The molecule has 0 bridgehead atoms. The standard InChI is InChI=1S/C13H15ClFNO2/c1-2-18-13(17)16(9-6-7-9)8-10-11(14)4-3-5-12(10)15/h3-5,9H,2,6-8H2,1H3. The molecule has 0 aliphatic heterocycles. The number of nitrogens with zero attached hydrogens (tertiary/aromatic N) is 1. The fraction of sp³-hybridized carbons (Fsp3) is 0.462. The zero-order valence-corrected chi connectivity index (χ0v) is 10.9. The Morgan fingerprint density at radius 1 is 1.56 bits per heavy atom. The number of ether oxygens (including phenoxy) is 1. The van der Waals surface area contributed by atoms with Crippen LogP contribution < -0.4 is 0 Å². The second-order valence-electron chi connectivity index (χ2n) is 4.26. The van der Waals surface area contributed by atoms with Gasteiger partial charge in [-0.15, -0.1) is 0 Å². The number of carbonyl (C=O) groups excluding carboxylic acids is 1. The van der Waals surface area contributed by atoms with E-state index in [1.165, 1.54) is 6.07 Å². The van der Waals surface area contributed by atoms with Crippen molar-refractivity contribution in [3.63, 3.8) is 0 Å². The summed E-state index contributed by atoms with van der Waals surface area (Å²) in [4.78, 5) is 13.3. The SMILES string of the molecule is CCOC(=O)N(Cc1c(F)cccc1Cl)C1CC1. The molecule has 1 aromatic rings. The lowest BCUT2D eigenvalue weighted by Crippen LogP contribution is -2.33. The monoisotopic (exact) mass is 271 g/mol. The van der Waals surface area contributed by atoms with Gasteiger partial charge in [-0.3, -0.25) is 0 Å². The van der Waals surface area contributed by atoms with Crippen LogP contribution in [0.15, 0.2) is 18.2 Å². The first kappa shape index (κ1) is 13.1. The number of amides is 1. The van der Waals surface area contributed by atoms with Gasteiger partial charge in [0.25, 0.3) is 0 Å². The van der Waals surface area contributed by atoms with Crippen molar-refractivity contribution in [3.8, 4) is 0 Å². The lowest BCUT2D eigenvalue weighted by atomic mass is 10.2. The largest absolute Gasteiger partial charge is 0.450 e. The van der Waals surface area contributed by atoms with Crippen LogP contribution in [-0.4, -0.2) is 23.6 Å². The highest BCUT2D eigenvalue weighted by molar-refractivity contribution is 6.31. The minimum absolute atomic E-state index is 0.153. The lowest BCUT2D eigenvalue weighted by Gasteiger charge is -2.22. The molecule has 1 aliphatic rings. The molecule has 1 amide bonds. The van der Waals surface area contributed by atoms with E-state index in [-0.39, 0.29) is 12.6 Å². The summed E-state index contributed by atoms with van der Waals surface area (Å²) in [6.45, 7) is 2.22. The molecule has 18 heavy (non-hydrogen) atoms. The quantitative estimate of drug-likeness (QED) is 0.837. The van der Waals surface area contributed by atoms with Gasteiger partial charge in [0.1, 0.15) is 5.82 Å². The van der Waals surface area contributed by atoms with Crippen LogP contribution in [-0.2, 0) is 11.3 Å². The van der Waals surface area contributed by atoms with E-state index in [2.05, 4.69) is 0 Å². The third-order valence-electron chi connectivity index (χ3n) is 2.88. The summed E-state index contributed by atoms with van der Waals surface area (Å²) in [6, 6.07) is 4.67. The van der Waals surface area contributed by atoms with E-state index in [1.807, 2.05) is 0 Å². The summed E-state index contributed by atoms with van der Waals surface area (Å²) in [7, 11) is 0. The molecule has 98 valence electrons. The first-order valence-corrected chi connectivity index (χ1v) is 6.37. The molecule has 0 unspecified atom stereocenters. The average molecular weight is 272 g/mol. The van der Waals surface area contributed by atoms with E-state index in [0.717, 1.165) is 12.8 Å². The molecule has 0 N–H and O–H groups in total. The van der Waals surface area contributed by atoms with Crippen LogP contribution in [0.4, 0.5) is 9.18 Å². The molecule has 0 heterocycles. The van der Waals surface area contributed by atoms with Crippen molar-refractivity contribution >= 4 is 17.7 Å². The first-order valence-electron chi connectivity index (χ1n) is 5.99. The number of hydrogen-bond donors (Lipinski definition) is 0. The van der Waals surface area contributed by atoms with Crippen molar-refractivity contribution < 1.29 is 13.9 Å². The van der Waals surface area contributed by atoms with Crippen LogP contribution in [0.3, 0.4) is 0 Å². The van der Waals surface area contributed by atoms with Crippen molar-refractivity contribution in [3.05, 3.63) is 34.6 Å². The van der Waals surface area contributed by atoms with Crippen molar-refractivity contribution in [1.29, 1.82) is 0 Å². The lowest BCUT2D eigenvalue weighted by molar-refractivity contribution is 0.101. The van der Waals surface area contributed by atoms with Crippen LogP contribution >= 0.6 is 11.6 Å². The van der Waals surface area contributed by atoms with E-state index in [4.69, 9.17) is 16.3 Å². The molecular weight excluding hydrogens is 257 g/mol. The zero-order valence-electron chi connectivity index (χ0n) is 10.2. The summed E-state index contributed by atoms with van der Waals surface area (Å²) < 4.78 is 18.7. The fourth-order valence-corrected chi connectivity index (χ4v) is 2.01. The smallest absolute Gasteiger partial charge is 0.410 e. The number of hydrogen-bond acceptors (Lipinski definition) is 2. The molecule has 1 aliphatic carbocycles. The summed E-state index contributed by atoms with van der Waals surface area (Å²) in [5, 5.41) is 0.338. The Bertz CT molecular complexity index is 428. The Labute approximate surface area is 110 Å². The topological polar surface area (TPSA) is 29.5 Å². The van der Waals surface area contributed by atoms with Crippen LogP contribution in [0.25, 0.3) is 0 Å². The fourth-order valence-electron chi connectivity index (χ4n) is 1.79. The normalized spacial score (nSPS) is 14.4. The molecule has 1 saturated carbocycles. The minimum atomic E-state index is -0.403. The molecule has 0 radical (unpaired) electrons. The Morgan fingerprint density at radius 3 is 2.83 bits per heavy atom. The predicted molar refractivity (Wildman–Crippen MR) is 67.0 cm³/mol.